The number of rotatable bonds is 7. The van der Waals surface area contributed by atoms with Gasteiger partial charge in [0.2, 0.25) is 5.88 Å². The molecule has 6 nitrogen and oxygen atoms in total. The number of ether oxygens (including phenoxy) is 2. The summed E-state index contributed by atoms with van der Waals surface area (Å²) < 4.78 is 38.3. The van der Waals surface area contributed by atoms with Crippen molar-refractivity contribution in [1.82, 2.24) is 9.55 Å². The van der Waals surface area contributed by atoms with Gasteiger partial charge in [0.1, 0.15) is 18.2 Å². The Morgan fingerprint density at radius 1 is 1.33 bits per heavy atom. The molecule has 0 N–H and O–H groups in total. The number of esters is 1. The Bertz CT molecular complexity index is 900. The molecule has 0 aliphatic heterocycles. The van der Waals surface area contributed by atoms with Gasteiger partial charge in [-0.05, 0) is 32.4 Å². The molecule has 0 saturated carbocycles. The second kappa shape index (κ2) is 8.94. The molecule has 2 rings (SSSR count). The topological polar surface area (TPSA) is 70.4 Å². The van der Waals surface area contributed by atoms with Crippen molar-refractivity contribution in [2.75, 3.05) is 0 Å². The van der Waals surface area contributed by atoms with Gasteiger partial charge in [0.25, 0.3) is 5.56 Å². The second-order valence-corrected chi connectivity index (χ2v) is 6.41. The lowest BCUT2D eigenvalue weighted by Crippen LogP contribution is -2.27. The fourth-order valence-electron chi connectivity index (χ4n) is 2.24. The first-order chi connectivity index (χ1) is 12.7. The number of carbonyl (C=O) groups is 1. The van der Waals surface area contributed by atoms with Gasteiger partial charge in [-0.2, -0.15) is 4.98 Å². The van der Waals surface area contributed by atoms with E-state index in [0.717, 1.165) is 10.6 Å². The molecule has 0 atom stereocenters. The zero-order valence-corrected chi connectivity index (χ0v) is 15.8. The minimum Gasteiger partial charge on any atom is -0.471 e. The SMILES string of the molecule is CCCC(=O)Oc1nc(OCc2ccc(F)cc2F)c(Cl)c(=O)n1C(C)C. The second-order valence-electron chi connectivity index (χ2n) is 6.03. The molecule has 0 amide bonds. The number of hydrogen-bond donors (Lipinski definition) is 0. The van der Waals surface area contributed by atoms with Crippen molar-refractivity contribution in [2.45, 2.75) is 46.3 Å². The van der Waals surface area contributed by atoms with Crippen molar-refractivity contribution in [1.29, 1.82) is 0 Å². The monoisotopic (exact) mass is 400 g/mol. The fourth-order valence-corrected chi connectivity index (χ4v) is 2.43. The largest absolute Gasteiger partial charge is 0.471 e. The van der Waals surface area contributed by atoms with Crippen LogP contribution >= 0.6 is 11.6 Å². The maximum absolute atomic E-state index is 13.7. The third-order valence-electron chi connectivity index (χ3n) is 3.55. The average molecular weight is 401 g/mol. The third kappa shape index (κ3) is 5.03. The van der Waals surface area contributed by atoms with Crippen LogP contribution in [0, 0.1) is 11.6 Å². The molecule has 1 aromatic carbocycles. The van der Waals surface area contributed by atoms with Gasteiger partial charge in [0.15, 0.2) is 5.02 Å². The first kappa shape index (κ1) is 20.8. The molecule has 0 bridgehead atoms. The fraction of sp³-hybridized carbons (Fsp3) is 0.389. The van der Waals surface area contributed by atoms with Crippen LogP contribution in [0.4, 0.5) is 8.78 Å². The highest BCUT2D eigenvalue weighted by molar-refractivity contribution is 6.31. The van der Waals surface area contributed by atoms with Crippen LogP contribution in [-0.2, 0) is 11.4 Å². The molecule has 0 aliphatic carbocycles. The van der Waals surface area contributed by atoms with Crippen LogP contribution in [0.1, 0.15) is 45.2 Å². The van der Waals surface area contributed by atoms with Crippen molar-refractivity contribution in [2.24, 2.45) is 0 Å². The molecular formula is C18H19ClF2N2O4. The maximum atomic E-state index is 13.7. The van der Waals surface area contributed by atoms with Gasteiger partial charge in [-0.3, -0.25) is 14.2 Å². The molecule has 0 unspecified atom stereocenters. The van der Waals surface area contributed by atoms with Crippen molar-refractivity contribution < 1.29 is 23.0 Å². The Morgan fingerprint density at radius 3 is 2.63 bits per heavy atom. The number of benzene rings is 1. The molecule has 27 heavy (non-hydrogen) atoms. The van der Waals surface area contributed by atoms with Gasteiger partial charge in [-0.15, -0.1) is 0 Å². The smallest absolute Gasteiger partial charge is 0.313 e. The molecule has 0 radical (unpaired) electrons. The average Bonchev–Trinajstić information content (AvgIpc) is 2.58. The summed E-state index contributed by atoms with van der Waals surface area (Å²) in [6.45, 7) is 4.86. The van der Waals surface area contributed by atoms with Gasteiger partial charge < -0.3 is 9.47 Å². The molecule has 0 aliphatic rings. The van der Waals surface area contributed by atoms with Gasteiger partial charge in [0.05, 0.1) is 0 Å². The van der Waals surface area contributed by atoms with Crippen LogP contribution in [0.5, 0.6) is 11.9 Å². The summed E-state index contributed by atoms with van der Waals surface area (Å²) in [7, 11) is 0. The van der Waals surface area contributed by atoms with Crippen LogP contribution in [0.25, 0.3) is 0 Å². The summed E-state index contributed by atoms with van der Waals surface area (Å²) in [5.41, 5.74) is -0.609. The van der Waals surface area contributed by atoms with E-state index >= 15 is 0 Å². The summed E-state index contributed by atoms with van der Waals surface area (Å²) in [4.78, 5) is 28.3. The summed E-state index contributed by atoms with van der Waals surface area (Å²) in [5, 5.41) is -0.332. The maximum Gasteiger partial charge on any atom is 0.313 e. The van der Waals surface area contributed by atoms with Gasteiger partial charge in [-0.25, -0.2) is 8.78 Å². The molecule has 1 heterocycles. The Labute approximate surface area is 159 Å². The molecule has 146 valence electrons. The Balaban J connectivity index is 2.36. The van der Waals surface area contributed by atoms with Crippen molar-refractivity contribution in [3.8, 4) is 11.9 Å². The highest BCUT2D eigenvalue weighted by atomic mass is 35.5. The molecule has 0 fully saturated rings. The predicted octanol–water partition coefficient (Wildman–Crippen LogP) is 4.04. The predicted molar refractivity (Wildman–Crippen MR) is 95.1 cm³/mol. The highest BCUT2D eigenvalue weighted by Gasteiger charge is 2.21. The van der Waals surface area contributed by atoms with E-state index in [1.807, 2.05) is 0 Å². The summed E-state index contributed by atoms with van der Waals surface area (Å²) >= 11 is 6.03. The van der Waals surface area contributed by atoms with Gasteiger partial charge in [0, 0.05) is 24.1 Å². The minimum absolute atomic E-state index is 0.0480. The molecule has 0 saturated heterocycles. The Morgan fingerprint density at radius 2 is 2.04 bits per heavy atom. The van der Waals surface area contributed by atoms with Crippen LogP contribution in [0.3, 0.4) is 0 Å². The van der Waals surface area contributed by atoms with Crippen molar-refractivity contribution >= 4 is 17.6 Å². The summed E-state index contributed by atoms with van der Waals surface area (Å²) in [6, 6.07) is 2.35. The van der Waals surface area contributed by atoms with E-state index in [4.69, 9.17) is 21.1 Å². The number of aromatic nitrogens is 2. The van der Waals surface area contributed by atoms with E-state index < -0.39 is 23.2 Å². The summed E-state index contributed by atoms with van der Waals surface area (Å²) in [6.07, 6.45) is 0.707. The number of carbonyl (C=O) groups excluding carboxylic acids is 1. The van der Waals surface area contributed by atoms with Crippen molar-refractivity contribution in [3.63, 3.8) is 0 Å². The van der Waals surface area contributed by atoms with Gasteiger partial charge in [-0.1, -0.05) is 18.5 Å². The van der Waals surface area contributed by atoms with Crippen LogP contribution < -0.4 is 15.0 Å². The first-order valence-electron chi connectivity index (χ1n) is 8.34. The minimum atomic E-state index is -0.809. The van der Waals surface area contributed by atoms with Gasteiger partial charge >= 0.3 is 12.0 Å². The Kier molecular flexibility index (Phi) is 6.90. The Hall–Kier alpha value is -2.48. The van der Waals surface area contributed by atoms with E-state index in [9.17, 15) is 18.4 Å². The van der Waals surface area contributed by atoms with Crippen LogP contribution in [0.15, 0.2) is 23.0 Å². The molecule has 2 aromatic rings. The lowest BCUT2D eigenvalue weighted by molar-refractivity contribution is -0.135. The normalized spacial score (nSPS) is 10.9. The van der Waals surface area contributed by atoms with Crippen LogP contribution in [-0.4, -0.2) is 15.5 Å². The molecular weight excluding hydrogens is 382 g/mol. The molecule has 0 spiro atoms. The lowest BCUT2D eigenvalue weighted by atomic mass is 10.2. The third-order valence-corrected chi connectivity index (χ3v) is 3.88. The highest BCUT2D eigenvalue weighted by Crippen LogP contribution is 2.25. The zero-order valence-electron chi connectivity index (χ0n) is 15.1. The van der Waals surface area contributed by atoms with E-state index in [1.54, 1.807) is 20.8 Å². The molecule has 9 heteroatoms. The number of nitrogens with zero attached hydrogens (tertiary/aromatic N) is 2. The standard InChI is InChI=1S/C18H19ClF2N2O4/c1-4-5-14(24)27-18-22-16(15(19)17(25)23(18)10(2)3)26-9-11-6-7-12(20)8-13(11)21/h6-8,10H,4-5,9H2,1-3H3. The first-order valence-corrected chi connectivity index (χ1v) is 8.71. The van der Waals surface area contributed by atoms with E-state index in [0.29, 0.717) is 12.5 Å². The van der Waals surface area contributed by atoms with Crippen LogP contribution in [0.2, 0.25) is 5.02 Å². The van der Waals surface area contributed by atoms with Crippen molar-refractivity contribution in [3.05, 3.63) is 50.8 Å². The quantitative estimate of drug-likeness (QED) is 0.656. The lowest BCUT2D eigenvalue weighted by Gasteiger charge is -2.17. The number of hydrogen-bond acceptors (Lipinski definition) is 5. The summed E-state index contributed by atoms with van der Waals surface area (Å²) in [5.74, 6) is -2.40. The molecule has 1 aromatic heterocycles. The van der Waals surface area contributed by atoms with E-state index in [2.05, 4.69) is 4.98 Å². The van der Waals surface area contributed by atoms with E-state index in [1.165, 1.54) is 6.07 Å². The number of halogens is 3. The zero-order chi connectivity index (χ0) is 20.1. The van der Waals surface area contributed by atoms with E-state index in [-0.39, 0.29) is 41.5 Å².